The van der Waals surface area contributed by atoms with Gasteiger partial charge in [0.05, 0.1) is 12.1 Å². The van der Waals surface area contributed by atoms with Crippen molar-refractivity contribution < 1.29 is 22.7 Å². The molecule has 7 nitrogen and oxygen atoms in total. The minimum absolute atomic E-state index is 0.160. The van der Waals surface area contributed by atoms with Crippen molar-refractivity contribution in [3.05, 3.63) is 47.2 Å². The Hall–Kier alpha value is -2.32. The second-order valence-electron chi connectivity index (χ2n) is 4.45. The van der Waals surface area contributed by atoms with Crippen LogP contribution in [-0.2, 0) is 16.6 Å². The van der Waals surface area contributed by atoms with Crippen molar-refractivity contribution in [2.24, 2.45) is 5.14 Å². The Bertz CT molecular complexity index is 780. The molecule has 0 aliphatic heterocycles. The zero-order chi connectivity index (χ0) is 15.6. The number of aryl methyl sites for hydroxylation is 1. The van der Waals surface area contributed by atoms with Crippen LogP contribution in [0.5, 0.6) is 0 Å². The molecule has 0 radical (unpaired) electrons. The quantitative estimate of drug-likeness (QED) is 0.770. The summed E-state index contributed by atoms with van der Waals surface area (Å²) in [5.41, 5.74) is 1.65. The molecule has 0 aliphatic rings. The lowest BCUT2D eigenvalue weighted by molar-refractivity contribution is 0.0697. The van der Waals surface area contributed by atoms with E-state index in [0.29, 0.717) is 11.4 Å². The summed E-state index contributed by atoms with van der Waals surface area (Å²) in [4.78, 5) is 10.9. The van der Waals surface area contributed by atoms with E-state index in [1.165, 1.54) is 24.3 Å². The van der Waals surface area contributed by atoms with Crippen LogP contribution in [0.3, 0.4) is 0 Å². The van der Waals surface area contributed by atoms with Crippen molar-refractivity contribution in [3.8, 4) is 0 Å². The Morgan fingerprint density at radius 1 is 1.33 bits per heavy atom. The number of furan rings is 1. The van der Waals surface area contributed by atoms with Crippen LogP contribution in [0.1, 0.15) is 21.7 Å². The average molecular weight is 310 g/mol. The van der Waals surface area contributed by atoms with E-state index in [0.717, 1.165) is 5.56 Å². The Morgan fingerprint density at radius 3 is 2.62 bits per heavy atom. The van der Waals surface area contributed by atoms with Gasteiger partial charge in [0.15, 0.2) is 0 Å². The highest BCUT2D eigenvalue weighted by atomic mass is 32.2. The highest BCUT2D eigenvalue weighted by Crippen LogP contribution is 2.19. The van der Waals surface area contributed by atoms with Crippen LogP contribution in [0, 0.1) is 6.92 Å². The van der Waals surface area contributed by atoms with E-state index < -0.39 is 16.0 Å². The first-order valence-electron chi connectivity index (χ1n) is 5.96. The van der Waals surface area contributed by atoms with Gasteiger partial charge in [-0.25, -0.2) is 18.4 Å². The van der Waals surface area contributed by atoms with Gasteiger partial charge >= 0.3 is 5.97 Å². The van der Waals surface area contributed by atoms with Crippen molar-refractivity contribution >= 4 is 21.7 Å². The number of nitrogens with two attached hydrogens (primary N) is 1. The lowest BCUT2D eigenvalue weighted by Crippen LogP contribution is -2.10. The minimum atomic E-state index is -3.86. The van der Waals surface area contributed by atoms with Gasteiger partial charge < -0.3 is 14.8 Å². The smallest absolute Gasteiger partial charge is 0.335 e. The maximum Gasteiger partial charge on any atom is 0.335 e. The summed E-state index contributed by atoms with van der Waals surface area (Å²) in [5, 5.41) is 16.6. The number of benzene rings is 1. The largest absolute Gasteiger partial charge is 0.478 e. The summed E-state index contributed by atoms with van der Waals surface area (Å²) in [6, 6.07) is 7.45. The molecule has 112 valence electrons. The zero-order valence-corrected chi connectivity index (χ0v) is 12.0. The molecule has 2 aromatic rings. The summed E-state index contributed by atoms with van der Waals surface area (Å²) in [5.74, 6) is -0.647. The molecule has 2 rings (SSSR count). The Morgan fingerprint density at radius 2 is 2.05 bits per heavy atom. The van der Waals surface area contributed by atoms with Crippen LogP contribution >= 0.6 is 0 Å². The molecule has 21 heavy (non-hydrogen) atoms. The Balaban J connectivity index is 2.15. The lowest BCUT2D eigenvalue weighted by Gasteiger charge is -2.09. The number of hydrogen-bond acceptors (Lipinski definition) is 5. The normalized spacial score (nSPS) is 11.3. The van der Waals surface area contributed by atoms with E-state index in [1.54, 1.807) is 6.07 Å². The van der Waals surface area contributed by atoms with Gasteiger partial charge in [-0.1, -0.05) is 6.07 Å². The van der Waals surface area contributed by atoms with Gasteiger partial charge in [-0.3, -0.25) is 0 Å². The van der Waals surface area contributed by atoms with Crippen molar-refractivity contribution in [2.75, 3.05) is 5.32 Å². The summed E-state index contributed by atoms with van der Waals surface area (Å²) in [6.45, 7) is 2.03. The van der Waals surface area contributed by atoms with Gasteiger partial charge in [0.1, 0.15) is 5.76 Å². The van der Waals surface area contributed by atoms with Crippen molar-refractivity contribution in [3.63, 3.8) is 0 Å². The molecule has 0 aliphatic carbocycles. The van der Waals surface area contributed by atoms with Crippen LogP contribution in [0.25, 0.3) is 0 Å². The predicted octanol–water partition coefficient (Wildman–Crippen LogP) is 1.55. The van der Waals surface area contributed by atoms with E-state index in [2.05, 4.69) is 5.32 Å². The summed E-state index contributed by atoms with van der Waals surface area (Å²) >= 11 is 0. The van der Waals surface area contributed by atoms with Crippen molar-refractivity contribution in [1.82, 2.24) is 0 Å². The molecule has 1 aromatic carbocycles. The van der Waals surface area contributed by atoms with Crippen molar-refractivity contribution in [1.29, 1.82) is 0 Å². The SMILES string of the molecule is Cc1ccc(C(=O)O)cc1NCc1ccc(S(N)(=O)=O)o1. The number of primary sulfonamides is 1. The number of carboxylic acid groups (broad SMARTS) is 1. The number of sulfonamides is 1. The fourth-order valence-electron chi connectivity index (χ4n) is 1.73. The molecule has 0 spiro atoms. The van der Waals surface area contributed by atoms with Crippen LogP contribution in [0.4, 0.5) is 5.69 Å². The third-order valence-electron chi connectivity index (χ3n) is 2.86. The van der Waals surface area contributed by atoms with Crippen LogP contribution in [0.2, 0.25) is 0 Å². The highest BCUT2D eigenvalue weighted by molar-refractivity contribution is 7.89. The Kier molecular flexibility index (Phi) is 4.01. The first-order chi connectivity index (χ1) is 9.77. The molecule has 0 atom stereocenters. The van der Waals surface area contributed by atoms with Gasteiger partial charge in [0, 0.05) is 5.69 Å². The molecular formula is C13H14N2O5S. The topological polar surface area (TPSA) is 123 Å². The van der Waals surface area contributed by atoms with E-state index >= 15 is 0 Å². The van der Waals surface area contributed by atoms with Crippen molar-refractivity contribution in [2.45, 2.75) is 18.6 Å². The summed E-state index contributed by atoms with van der Waals surface area (Å²) in [7, 11) is -3.86. The van der Waals surface area contributed by atoms with E-state index in [1.807, 2.05) is 6.92 Å². The molecule has 0 saturated carbocycles. The second kappa shape index (κ2) is 5.58. The molecule has 4 N–H and O–H groups in total. The molecule has 0 bridgehead atoms. The summed E-state index contributed by atoms with van der Waals surface area (Å²) < 4.78 is 27.3. The van der Waals surface area contributed by atoms with Crippen LogP contribution in [-0.4, -0.2) is 19.5 Å². The third-order valence-corrected chi connectivity index (χ3v) is 3.64. The average Bonchev–Trinajstić information content (AvgIpc) is 2.86. The fraction of sp³-hybridized carbons (Fsp3) is 0.154. The zero-order valence-electron chi connectivity index (χ0n) is 11.2. The second-order valence-corrected chi connectivity index (χ2v) is 5.95. The molecule has 0 unspecified atom stereocenters. The van der Waals surface area contributed by atoms with Gasteiger partial charge in [0.25, 0.3) is 10.0 Å². The van der Waals surface area contributed by atoms with Gasteiger partial charge in [0.2, 0.25) is 5.09 Å². The summed E-state index contributed by atoms with van der Waals surface area (Å²) in [6.07, 6.45) is 0. The predicted molar refractivity (Wildman–Crippen MR) is 75.5 cm³/mol. The number of aromatic carboxylic acids is 1. The van der Waals surface area contributed by atoms with Gasteiger partial charge in [-0.2, -0.15) is 0 Å². The molecule has 8 heteroatoms. The monoisotopic (exact) mass is 310 g/mol. The first-order valence-corrected chi connectivity index (χ1v) is 7.51. The van der Waals surface area contributed by atoms with E-state index in [9.17, 15) is 13.2 Å². The molecule has 0 saturated heterocycles. The van der Waals surface area contributed by atoms with E-state index in [4.69, 9.17) is 14.7 Å². The minimum Gasteiger partial charge on any atom is -0.478 e. The molecule has 1 heterocycles. The molecule has 0 fully saturated rings. The van der Waals surface area contributed by atoms with Gasteiger partial charge in [-0.15, -0.1) is 0 Å². The Labute approximate surface area is 121 Å². The van der Waals surface area contributed by atoms with Crippen LogP contribution in [0.15, 0.2) is 39.8 Å². The lowest BCUT2D eigenvalue weighted by atomic mass is 10.1. The number of anilines is 1. The molecule has 1 aromatic heterocycles. The third kappa shape index (κ3) is 3.61. The fourth-order valence-corrected chi connectivity index (χ4v) is 2.21. The number of nitrogens with one attached hydrogen (secondary N) is 1. The maximum atomic E-state index is 11.1. The standard InChI is InChI=1S/C13H14N2O5S/c1-8-2-3-9(13(16)17)6-11(8)15-7-10-4-5-12(20-10)21(14,18)19/h2-6,15H,7H2,1H3,(H,16,17)(H2,14,18,19). The first kappa shape index (κ1) is 15.1. The van der Waals surface area contributed by atoms with Gasteiger partial charge in [-0.05, 0) is 36.8 Å². The molecule has 0 amide bonds. The van der Waals surface area contributed by atoms with Crippen LogP contribution < -0.4 is 10.5 Å². The number of carbonyl (C=O) groups is 1. The maximum absolute atomic E-state index is 11.1. The number of rotatable bonds is 5. The van der Waals surface area contributed by atoms with E-state index in [-0.39, 0.29) is 17.2 Å². The molecular weight excluding hydrogens is 296 g/mol. The number of hydrogen-bond donors (Lipinski definition) is 3. The highest BCUT2D eigenvalue weighted by Gasteiger charge is 2.13. The number of carboxylic acids is 1.